The summed E-state index contributed by atoms with van der Waals surface area (Å²) in [6.45, 7) is 1.89. The van der Waals surface area contributed by atoms with Gasteiger partial charge in [0.1, 0.15) is 5.76 Å². The monoisotopic (exact) mass is 324 g/mol. The van der Waals surface area contributed by atoms with Crippen molar-refractivity contribution in [1.82, 2.24) is 15.5 Å². The van der Waals surface area contributed by atoms with Crippen molar-refractivity contribution in [2.75, 3.05) is 11.1 Å². The van der Waals surface area contributed by atoms with E-state index in [1.54, 1.807) is 6.26 Å². The molecule has 3 rings (SSSR count). The molecule has 2 heterocycles. The molecule has 8 heteroatoms. The van der Waals surface area contributed by atoms with Gasteiger partial charge in [-0.15, -0.1) is 10.2 Å². The number of carbonyl (C=O) groups excluding carboxylic acids is 1. The maximum absolute atomic E-state index is 11.9. The molecule has 2 aromatic rings. The average molecular weight is 324 g/mol. The number of hydrogen-bond donors (Lipinski definition) is 2. The molecule has 1 amide bonds. The molecular weight excluding hydrogens is 308 g/mol. The first-order valence-electron chi connectivity index (χ1n) is 6.76. The normalized spacial score (nSPS) is 15.7. The smallest absolute Gasteiger partial charge is 0.231 e. The first-order chi connectivity index (χ1) is 10.2. The van der Waals surface area contributed by atoms with Crippen LogP contribution in [0.1, 0.15) is 31.6 Å². The second-order valence-electron chi connectivity index (χ2n) is 4.89. The van der Waals surface area contributed by atoms with Crippen molar-refractivity contribution in [3.8, 4) is 0 Å². The Morgan fingerprint density at radius 2 is 2.43 bits per heavy atom. The molecule has 2 N–H and O–H groups in total. The number of anilines is 1. The van der Waals surface area contributed by atoms with Crippen molar-refractivity contribution in [3.63, 3.8) is 0 Å². The molecule has 0 radical (unpaired) electrons. The third-order valence-corrected chi connectivity index (χ3v) is 4.97. The molecule has 0 aliphatic heterocycles. The number of rotatable bonds is 7. The third-order valence-electron chi connectivity index (χ3n) is 2.99. The van der Waals surface area contributed by atoms with Crippen LogP contribution in [0, 0.1) is 0 Å². The lowest BCUT2D eigenvalue weighted by molar-refractivity contribution is -0.119. The molecule has 0 aromatic carbocycles. The molecule has 1 fully saturated rings. The Balaban J connectivity index is 1.43. The second kappa shape index (κ2) is 6.48. The van der Waals surface area contributed by atoms with E-state index >= 15 is 0 Å². The highest BCUT2D eigenvalue weighted by Crippen LogP contribution is 2.30. The largest absolute Gasteiger partial charge is 0.467 e. The van der Waals surface area contributed by atoms with Crippen LogP contribution in [0.2, 0.25) is 0 Å². The van der Waals surface area contributed by atoms with E-state index in [-0.39, 0.29) is 11.9 Å². The van der Waals surface area contributed by atoms with Gasteiger partial charge >= 0.3 is 0 Å². The minimum atomic E-state index is -0.130. The van der Waals surface area contributed by atoms with E-state index in [4.69, 9.17) is 4.42 Å². The van der Waals surface area contributed by atoms with Gasteiger partial charge in [-0.05, 0) is 31.9 Å². The summed E-state index contributed by atoms with van der Waals surface area (Å²) in [7, 11) is 0. The van der Waals surface area contributed by atoms with Crippen LogP contribution in [0.4, 0.5) is 5.13 Å². The lowest BCUT2D eigenvalue weighted by atomic mass is 10.2. The van der Waals surface area contributed by atoms with Crippen LogP contribution in [-0.4, -0.2) is 27.9 Å². The van der Waals surface area contributed by atoms with E-state index in [2.05, 4.69) is 20.8 Å². The lowest BCUT2D eigenvalue weighted by Crippen LogP contribution is -2.27. The zero-order chi connectivity index (χ0) is 14.7. The summed E-state index contributed by atoms with van der Waals surface area (Å²) in [4.78, 5) is 11.9. The summed E-state index contributed by atoms with van der Waals surface area (Å²) >= 11 is 2.89. The number of aromatic nitrogens is 2. The highest BCUT2D eigenvalue weighted by molar-refractivity contribution is 8.01. The molecule has 1 atom stereocenters. The van der Waals surface area contributed by atoms with Gasteiger partial charge in [0, 0.05) is 6.04 Å². The molecule has 6 nitrogen and oxygen atoms in total. The zero-order valence-corrected chi connectivity index (χ0v) is 13.2. The summed E-state index contributed by atoms with van der Waals surface area (Å²) < 4.78 is 6.06. The van der Waals surface area contributed by atoms with Gasteiger partial charge < -0.3 is 15.1 Å². The Labute approximate surface area is 130 Å². The van der Waals surface area contributed by atoms with Gasteiger partial charge in [0.15, 0.2) is 4.34 Å². The number of carbonyl (C=O) groups is 1. The number of nitrogens with one attached hydrogen (secondary N) is 2. The van der Waals surface area contributed by atoms with Crippen molar-refractivity contribution in [1.29, 1.82) is 0 Å². The highest BCUT2D eigenvalue weighted by Gasteiger charge is 2.22. The zero-order valence-electron chi connectivity index (χ0n) is 11.5. The number of furan rings is 1. The van der Waals surface area contributed by atoms with Crippen LogP contribution in [-0.2, 0) is 4.79 Å². The topological polar surface area (TPSA) is 80.0 Å². The molecule has 112 valence electrons. The molecule has 1 saturated carbocycles. The van der Waals surface area contributed by atoms with Crippen LogP contribution in [0.5, 0.6) is 0 Å². The maximum Gasteiger partial charge on any atom is 0.231 e. The van der Waals surface area contributed by atoms with Crippen LogP contribution >= 0.6 is 23.1 Å². The van der Waals surface area contributed by atoms with E-state index in [1.165, 1.54) is 35.9 Å². The number of amides is 1. The fraction of sp³-hybridized carbons (Fsp3) is 0.462. The van der Waals surface area contributed by atoms with Crippen LogP contribution in [0.25, 0.3) is 0 Å². The highest BCUT2D eigenvalue weighted by atomic mass is 32.2. The van der Waals surface area contributed by atoms with Crippen molar-refractivity contribution in [2.45, 2.75) is 36.2 Å². The molecular formula is C13H16N4O2S2. The third kappa shape index (κ3) is 4.21. The summed E-state index contributed by atoms with van der Waals surface area (Å²) in [5, 5.41) is 15.2. The molecule has 0 unspecified atom stereocenters. The Kier molecular flexibility index (Phi) is 4.45. The fourth-order valence-electron chi connectivity index (χ4n) is 1.75. The summed E-state index contributed by atoms with van der Waals surface area (Å²) in [5.74, 6) is 1.03. The first kappa shape index (κ1) is 14.4. The number of thioether (sulfide) groups is 1. The first-order valence-corrected chi connectivity index (χ1v) is 8.56. The van der Waals surface area contributed by atoms with Crippen molar-refractivity contribution >= 4 is 34.1 Å². The number of hydrogen-bond acceptors (Lipinski definition) is 7. The van der Waals surface area contributed by atoms with Gasteiger partial charge in [-0.25, -0.2) is 0 Å². The Hall–Kier alpha value is -1.54. The van der Waals surface area contributed by atoms with Gasteiger partial charge in [-0.3, -0.25) is 4.79 Å². The van der Waals surface area contributed by atoms with Crippen molar-refractivity contribution in [3.05, 3.63) is 24.2 Å². The predicted molar refractivity (Wildman–Crippen MR) is 82.5 cm³/mol. The molecule has 1 aliphatic rings. The standard InChI is InChI=1S/C13H16N4O2S2/c1-8(10-3-2-6-19-10)14-11(18)7-20-13-17-16-12(21-13)15-9-4-5-9/h2-3,6,8-9H,4-5,7H2,1H3,(H,14,18)(H,15,16)/t8-/m1/s1. The van der Waals surface area contributed by atoms with Crippen LogP contribution in [0.15, 0.2) is 27.2 Å². The molecule has 0 bridgehead atoms. The summed E-state index contributed by atoms with van der Waals surface area (Å²) in [6, 6.07) is 4.09. The van der Waals surface area contributed by atoms with E-state index in [0.29, 0.717) is 11.8 Å². The molecule has 0 saturated heterocycles. The summed E-state index contributed by atoms with van der Waals surface area (Å²) in [5.41, 5.74) is 0. The van der Waals surface area contributed by atoms with Gasteiger partial charge in [0.2, 0.25) is 11.0 Å². The Bertz CT molecular complexity index is 595. The molecule has 2 aromatic heterocycles. The van der Waals surface area contributed by atoms with E-state index in [1.807, 2.05) is 19.1 Å². The SMILES string of the molecule is C[C@@H](NC(=O)CSc1nnc(NC2CC2)s1)c1ccco1. The molecule has 0 spiro atoms. The fourth-order valence-corrected chi connectivity index (χ4v) is 3.39. The molecule has 1 aliphatic carbocycles. The van der Waals surface area contributed by atoms with E-state index in [0.717, 1.165) is 15.2 Å². The van der Waals surface area contributed by atoms with Crippen molar-refractivity contribution < 1.29 is 9.21 Å². The van der Waals surface area contributed by atoms with E-state index in [9.17, 15) is 4.79 Å². The number of nitrogens with zero attached hydrogens (tertiary/aromatic N) is 2. The molecule has 21 heavy (non-hydrogen) atoms. The minimum absolute atomic E-state index is 0.0456. The van der Waals surface area contributed by atoms with Crippen LogP contribution < -0.4 is 10.6 Å². The Morgan fingerprint density at radius 1 is 1.57 bits per heavy atom. The van der Waals surface area contributed by atoms with Gasteiger partial charge in [-0.2, -0.15) is 0 Å². The minimum Gasteiger partial charge on any atom is -0.467 e. The Morgan fingerprint density at radius 3 is 3.14 bits per heavy atom. The van der Waals surface area contributed by atoms with Crippen molar-refractivity contribution in [2.24, 2.45) is 0 Å². The lowest BCUT2D eigenvalue weighted by Gasteiger charge is -2.10. The van der Waals surface area contributed by atoms with E-state index < -0.39 is 0 Å². The van der Waals surface area contributed by atoms with Crippen LogP contribution in [0.3, 0.4) is 0 Å². The second-order valence-corrected chi connectivity index (χ2v) is 7.09. The summed E-state index contributed by atoms with van der Waals surface area (Å²) in [6.07, 6.45) is 4.01. The predicted octanol–water partition coefficient (Wildman–Crippen LogP) is 2.67. The van der Waals surface area contributed by atoms with Gasteiger partial charge in [-0.1, -0.05) is 23.1 Å². The van der Waals surface area contributed by atoms with Gasteiger partial charge in [0.25, 0.3) is 0 Å². The van der Waals surface area contributed by atoms with Gasteiger partial charge in [0.05, 0.1) is 18.1 Å². The average Bonchev–Trinajstić information content (AvgIpc) is 2.95. The maximum atomic E-state index is 11.9. The quantitative estimate of drug-likeness (QED) is 0.762.